The van der Waals surface area contributed by atoms with Crippen LogP contribution in [0.5, 0.6) is 0 Å². The summed E-state index contributed by atoms with van der Waals surface area (Å²) in [5, 5.41) is 6.76. The Labute approximate surface area is 165 Å². The van der Waals surface area contributed by atoms with Crippen molar-refractivity contribution in [3.05, 3.63) is 53.5 Å². The first-order valence-corrected chi connectivity index (χ1v) is 9.17. The fraction of sp³-hybridized carbons (Fsp3) is 0.421. The first-order chi connectivity index (χ1) is 13.9. The highest BCUT2D eigenvalue weighted by Crippen LogP contribution is 2.31. The monoisotopic (exact) mass is 410 g/mol. The second-order valence-electron chi connectivity index (χ2n) is 6.93. The highest BCUT2D eigenvalue weighted by atomic mass is 19.3. The van der Waals surface area contributed by atoms with Gasteiger partial charge >= 0.3 is 0 Å². The molecular formula is C19H22F4N6. The number of piperidine rings is 1. The molecule has 29 heavy (non-hydrogen) atoms. The number of likely N-dealkylation sites (tertiary alicyclic amines) is 1. The Morgan fingerprint density at radius 1 is 1.24 bits per heavy atom. The Morgan fingerprint density at radius 2 is 1.93 bits per heavy atom. The summed E-state index contributed by atoms with van der Waals surface area (Å²) in [5.74, 6) is 2.66. The minimum absolute atomic E-state index is 0.0741. The molecule has 3 N–H and O–H groups in total. The predicted octanol–water partition coefficient (Wildman–Crippen LogP) is 3.38. The van der Waals surface area contributed by atoms with Gasteiger partial charge in [-0.25, -0.2) is 18.7 Å². The molecule has 1 aromatic carbocycles. The van der Waals surface area contributed by atoms with Crippen LogP contribution in [-0.4, -0.2) is 46.8 Å². The molecule has 1 aromatic heterocycles. The van der Waals surface area contributed by atoms with E-state index in [9.17, 15) is 17.6 Å². The third-order valence-corrected chi connectivity index (χ3v) is 4.89. The number of hydrazone groups is 1. The van der Waals surface area contributed by atoms with Gasteiger partial charge in [-0.05, 0) is 12.8 Å². The smallest absolute Gasteiger partial charge is 0.285 e. The summed E-state index contributed by atoms with van der Waals surface area (Å²) < 4.78 is 54.3. The van der Waals surface area contributed by atoms with E-state index in [1.807, 2.05) is 0 Å². The number of alkyl halides is 4. The summed E-state index contributed by atoms with van der Waals surface area (Å²) in [5.41, 5.74) is 0.130. The molecule has 2 heterocycles. The first kappa shape index (κ1) is 21.0. The lowest BCUT2D eigenvalue weighted by Gasteiger charge is -2.34. The molecule has 1 aliphatic heterocycles. The normalized spacial score (nSPS) is 16.6. The molecule has 0 saturated carbocycles. The van der Waals surface area contributed by atoms with Crippen molar-refractivity contribution in [3.8, 4) is 0 Å². The average Bonchev–Trinajstić information content (AvgIpc) is 2.71. The Balaban J connectivity index is 1.55. The molecule has 1 fully saturated rings. The zero-order valence-corrected chi connectivity index (χ0v) is 15.6. The second kappa shape index (κ2) is 9.17. The number of hydrogen-bond acceptors (Lipinski definition) is 6. The molecule has 1 saturated heterocycles. The molecule has 0 spiro atoms. The van der Waals surface area contributed by atoms with Crippen LogP contribution in [-0.2, 0) is 5.92 Å². The highest BCUT2D eigenvalue weighted by molar-refractivity contribution is 5.85. The number of nitrogens with two attached hydrogens (primary N) is 1. The number of rotatable bonds is 7. The lowest BCUT2D eigenvalue weighted by atomic mass is 10.0. The van der Waals surface area contributed by atoms with Gasteiger partial charge in [-0.15, -0.1) is 0 Å². The molecule has 0 atom stereocenters. The minimum Gasteiger partial charge on any atom is -0.367 e. The molecule has 0 radical (unpaired) electrons. The zero-order chi connectivity index (χ0) is 20.9. The molecule has 2 aromatic rings. The van der Waals surface area contributed by atoms with Gasteiger partial charge in [0.2, 0.25) is 0 Å². The van der Waals surface area contributed by atoms with Crippen molar-refractivity contribution < 1.29 is 17.6 Å². The van der Waals surface area contributed by atoms with Crippen molar-refractivity contribution in [1.29, 1.82) is 0 Å². The van der Waals surface area contributed by atoms with Gasteiger partial charge in [0.25, 0.3) is 12.3 Å². The summed E-state index contributed by atoms with van der Waals surface area (Å²) in [4.78, 5) is 9.78. The number of aromatic nitrogens is 2. The Hall–Kier alpha value is -2.75. The van der Waals surface area contributed by atoms with Gasteiger partial charge < -0.3 is 11.2 Å². The van der Waals surface area contributed by atoms with Gasteiger partial charge in [0.05, 0.1) is 18.3 Å². The third-order valence-electron chi connectivity index (χ3n) is 4.89. The summed E-state index contributed by atoms with van der Waals surface area (Å²) in [6.45, 7) is 0.508. The molecule has 3 rings (SSSR count). The van der Waals surface area contributed by atoms with E-state index in [1.165, 1.54) is 12.5 Å². The largest absolute Gasteiger partial charge is 0.367 e. The molecule has 156 valence electrons. The van der Waals surface area contributed by atoms with Gasteiger partial charge in [0.1, 0.15) is 12.1 Å². The summed E-state index contributed by atoms with van der Waals surface area (Å²) in [6, 6.07) is 4.32. The van der Waals surface area contributed by atoms with Gasteiger partial charge in [-0.2, -0.15) is 13.9 Å². The number of hydrogen-bond donors (Lipinski definition) is 2. The maximum absolute atomic E-state index is 14.6. The first-order valence-electron chi connectivity index (χ1n) is 9.17. The molecule has 0 amide bonds. The van der Waals surface area contributed by atoms with E-state index >= 15 is 0 Å². The fourth-order valence-electron chi connectivity index (χ4n) is 3.31. The number of benzene rings is 1. The van der Waals surface area contributed by atoms with Crippen molar-refractivity contribution in [2.75, 3.05) is 25.0 Å². The summed E-state index contributed by atoms with van der Waals surface area (Å²) in [6.07, 6.45) is 3.08. The lowest BCUT2D eigenvalue weighted by Crippen LogP contribution is -2.43. The van der Waals surface area contributed by atoms with E-state index in [4.69, 9.17) is 5.84 Å². The summed E-state index contributed by atoms with van der Waals surface area (Å²) >= 11 is 0. The second-order valence-corrected chi connectivity index (χ2v) is 6.93. The quantitative estimate of drug-likeness (QED) is 0.317. The molecule has 1 aliphatic rings. The van der Waals surface area contributed by atoms with E-state index in [2.05, 4.69) is 20.4 Å². The SMILES string of the molecule is N/N=C\c1cncnc1NC1CCN(CC(F)(F)c2ccc(C(F)F)cc2)CC1. The number of anilines is 1. The van der Waals surface area contributed by atoms with E-state index in [1.54, 1.807) is 11.1 Å². The standard InChI is InChI=1S/C19H22F4N6/c20-17(21)13-1-3-15(4-2-13)19(22,23)11-29-7-5-16(6-8-29)28-18-14(10-27-24)9-25-12-26-18/h1-4,9-10,12,16-17H,5-8,11,24H2,(H,25,26,28)/b27-10-. The van der Waals surface area contributed by atoms with Crippen LogP contribution in [0.4, 0.5) is 23.4 Å². The zero-order valence-electron chi connectivity index (χ0n) is 15.6. The van der Waals surface area contributed by atoms with Crippen LogP contribution >= 0.6 is 0 Å². The number of nitrogens with zero attached hydrogens (tertiary/aromatic N) is 4. The van der Waals surface area contributed by atoms with E-state index < -0.39 is 18.9 Å². The van der Waals surface area contributed by atoms with Crippen molar-refractivity contribution in [2.24, 2.45) is 10.9 Å². The topological polar surface area (TPSA) is 79.4 Å². The van der Waals surface area contributed by atoms with Crippen LogP contribution in [0.2, 0.25) is 0 Å². The Kier molecular flexibility index (Phi) is 6.63. The highest BCUT2D eigenvalue weighted by Gasteiger charge is 2.35. The Morgan fingerprint density at radius 3 is 2.55 bits per heavy atom. The molecule has 0 bridgehead atoms. The van der Waals surface area contributed by atoms with Crippen molar-refractivity contribution in [3.63, 3.8) is 0 Å². The van der Waals surface area contributed by atoms with Crippen LogP contribution < -0.4 is 11.2 Å². The van der Waals surface area contributed by atoms with E-state index in [0.29, 0.717) is 37.3 Å². The van der Waals surface area contributed by atoms with Crippen LogP contribution in [0, 0.1) is 0 Å². The molecule has 10 heteroatoms. The van der Waals surface area contributed by atoms with Crippen molar-refractivity contribution in [2.45, 2.75) is 31.2 Å². The predicted molar refractivity (Wildman–Crippen MR) is 102 cm³/mol. The minimum atomic E-state index is -3.11. The van der Waals surface area contributed by atoms with Crippen LogP contribution in [0.15, 0.2) is 41.9 Å². The molecule has 0 aliphatic carbocycles. The van der Waals surface area contributed by atoms with E-state index in [-0.39, 0.29) is 17.2 Å². The third kappa shape index (κ3) is 5.41. The Bertz CT molecular complexity index is 820. The fourth-order valence-corrected chi connectivity index (χ4v) is 3.31. The number of nitrogens with one attached hydrogen (secondary N) is 1. The lowest BCUT2D eigenvalue weighted by molar-refractivity contribution is -0.0421. The van der Waals surface area contributed by atoms with Gasteiger partial charge in [-0.3, -0.25) is 4.90 Å². The van der Waals surface area contributed by atoms with Crippen LogP contribution in [0.3, 0.4) is 0 Å². The molecule has 0 unspecified atom stereocenters. The van der Waals surface area contributed by atoms with Crippen LogP contribution in [0.25, 0.3) is 0 Å². The maximum atomic E-state index is 14.6. The van der Waals surface area contributed by atoms with Gasteiger partial charge in [0.15, 0.2) is 0 Å². The molecular weight excluding hydrogens is 388 g/mol. The van der Waals surface area contributed by atoms with Gasteiger partial charge in [0, 0.05) is 36.5 Å². The maximum Gasteiger partial charge on any atom is 0.285 e. The van der Waals surface area contributed by atoms with E-state index in [0.717, 1.165) is 24.3 Å². The average molecular weight is 410 g/mol. The molecule has 6 nitrogen and oxygen atoms in total. The van der Waals surface area contributed by atoms with Crippen molar-refractivity contribution >= 4 is 12.0 Å². The van der Waals surface area contributed by atoms with Crippen molar-refractivity contribution in [1.82, 2.24) is 14.9 Å². The summed E-state index contributed by atoms with van der Waals surface area (Å²) in [7, 11) is 0. The number of halogens is 4. The van der Waals surface area contributed by atoms with Crippen LogP contribution in [0.1, 0.15) is 36.0 Å². The van der Waals surface area contributed by atoms with Gasteiger partial charge in [-0.1, -0.05) is 24.3 Å².